The van der Waals surface area contributed by atoms with Gasteiger partial charge in [0, 0.05) is 18.7 Å². The summed E-state index contributed by atoms with van der Waals surface area (Å²) in [6.45, 7) is 10.2. The number of aliphatic hydroxyl groups is 1. The molecule has 0 aromatic heterocycles. The molecule has 31 heavy (non-hydrogen) atoms. The number of hydrogen-bond acceptors (Lipinski definition) is 7. The molecule has 2 aliphatic heterocycles. The van der Waals surface area contributed by atoms with E-state index in [4.69, 9.17) is 0 Å². The van der Waals surface area contributed by atoms with Gasteiger partial charge in [0.25, 0.3) is 11.6 Å². The fourth-order valence-corrected chi connectivity index (χ4v) is 5.22. The number of hydrogen-bond donors (Lipinski definition) is 2. The summed E-state index contributed by atoms with van der Waals surface area (Å²) < 4.78 is 25.7. The van der Waals surface area contributed by atoms with Crippen LogP contribution in [0.5, 0.6) is 0 Å². The van der Waals surface area contributed by atoms with Crippen molar-refractivity contribution >= 4 is 27.1 Å². The van der Waals surface area contributed by atoms with E-state index in [1.807, 2.05) is 34.6 Å². The van der Waals surface area contributed by atoms with E-state index >= 15 is 0 Å². The van der Waals surface area contributed by atoms with Crippen LogP contribution in [0.1, 0.15) is 41.0 Å². The summed E-state index contributed by atoms with van der Waals surface area (Å²) in [6, 6.07) is 2.84. The molecule has 0 saturated carbocycles. The number of anilines is 1. The highest BCUT2D eigenvalue weighted by atomic mass is 32.2. The van der Waals surface area contributed by atoms with Gasteiger partial charge in [-0.1, -0.05) is 34.6 Å². The topological polar surface area (TPSA) is 130 Å². The zero-order valence-corrected chi connectivity index (χ0v) is 19.0. The number of nitro groups is 1. The Morgan fingerprint density at radius 1 is 1.29 bits per heavy atom. The number of amides is 1. The second kappa shape index (κ2) is 7.67. The molecule has 0 radical (unpaired) electrons. The Labute approximate surface area is 181 Å². The van der Waals surface area contributed by atoms with Crippen molar-refractivity contribution in [2.24, 2.45) is 11.3 Å². The van der Waals surface area contributed by atoms with Gasteiger partial charge in [0.15, 0.2) is 0 Å². The molecule has 1 atom stereocenters. The molecule has 1 amide bonds. The van der Waals surface area contributed by atoms with Crippen LogP contribution < -0.4 is 5.32 Å². The van der Waals surface area contributed by atoms with E-state index in [-0.39, 0.29) is 33.3 Å². The van der Waals surface area contributed by atoms with Crippen molar-refractivity contribution in [3.63, 3.8) is 0 Å². The predicted molar refractivity (Wildman–Crippen MR) is 116 cm³/mol. The first-order chi connectivity index (χ1) is 14.2. The summed E-state index contributed by atoms with van der Waals surface area (Å²) in [4.78, 5) is 25.0. The van der Waals surface area contributed by atoms with Gasteiger partial charge in [0.1, 0.15) is 16.2 Å². The van der Waals surface area contributed by atoms with Gasteiger partial charge >= 0.3 is 0 Å². The van der Waals surface area contributed by atoms with Gasteiger partial charge in [-0.3, -0.25) is 14.9 Å². The molecular formula is C21H27N3O6S. The van der Waals surface area contributed by atoms with Crippen molar-refractivity contribution in [3.05, 3.63) is 50.8 Å². The molecule has 168 valence electrons. The average Bonchev–Trinajstić information content (AvgIpc) is 2.88. The average molecular weight is 450 g/mol. The van der Waals surface area contributed by atoms with E-state index in [2.05, 4.69) is 5.32 Å². The lowest BCUT2D eigenvalue weighted by molar-refractivity contribution is -0.385. The number of nitro benzene ring substituents is 1. The largest absolute Gasteiger partial charge is 0.509 e. The van der Waals surface area contributed by atoms with E-state index in [9.17, 15) is 28.4 Å². The van der Waals surface area contributed by atoms with E-state index in [0.717, 1.165) is 17.9 Å². The van der Waals surface area contributed by atoms with Crippen LogP contribution in [0.25, 0.3) is 0 Å². The smallest absolute Gasteiger partial charge is 0.270 e. The molecule has 2 heterocycles. The third kappa shape index (κ3) is 4.16. The number of non-ortho nitro benzene ring substituents is 1. The fraction of sp³-hybridized carbons (Fsp3) is 0.476. The molecule has 0 aliphatic carbocycles. The molecule has 2 N–H and O–H groups in total. The normalized spacial score (nSPS) is 20.6. The van der Waals surface area contributed by atoms with E-state index in [1.54, 1.807) is 4.90 Å². The first kappa shape index (κ1) is 22.8. The number of rotatable bonds is 5. The predicted octanol–water partition coefficient (Wildman–Crippen LogP) is 3.75. The van der Waals surface area contributed by atoms with Crippen molar-refractivity contribution in [1.29, 1.82) is 0 Å². The van der Waals surface area contributed by atoms with Crippen molar-refractivity contribution in [1.82, 2.24) is 4.90 Å². The Bertz CT molecular complexity index is 1110. The van der Waals surface area contributed by atoms with Gasteiger partial charge < -0.3 is 15.3 Å². The Kier molecular flexibility index (Phi) is 5.64. The number of fused-ring (bicyclic) bond motifs is 1. The summed E-state index contributed by atoms with van der Waals surface area (Å²) in [6.07, 6.45) is 0.732. The van der Waals surface area contributed by atoms with Gasteiger partial charge in [-0.15, -0.1) is 0 Å². The Balaban J connectivity index is 2.08. The second-order valence-corrected chi connectivity index (χ2v) is 11.1. The van der Waals surface area contributed by atoms with Crippen LogP contribution in [0.2, 0.25) is 0 Å². The minimum absolute atomic E-state index is 0.0369. The SMILES string of the molecule is CC(C)CCN1C(=O)C(C2=CS(=O)(=O)c3cc([N+](=O)[O-])ccc3N2)=C(O)C1C(C)(C)C. The number of aliphatic hydroxyl groups excluding tert-OH is 1. The maximum Gasteiger partial charge on any atom is 0.270 e. The number of carbonyl (C=O) groups excluding carboxylic acids is 1. The third-order valence-electron chi connectivity index (χ3n) is 5.36. The molecule has 2 aliphatic rings. The van der Waals surface area contributed by atoms with Crippen LogP contribution in [0.15, 0.2) is 45.5 Å². The molecule has 10 heteroatoms. The van der Waals surface area contributed by atoms with Crippen LogP contribution in [0.4, 0.5) is 11.4 Å². The van der Waals surface area contributed by atoms with Gasteiger partial charge in [0.05, 0.1) is 27.8 Å². The first-order valence-corrected chi connectivity index (χ1v) is 11.6. The van der Waals surface area contributed by atoms with Crippen LogP contribution in [-0.2, 0) is 14.6 Å². The van der Waals surface area contributed by atoms with E-state index in [1.165, 1.54) is 12.1 Å². The van der Waals surface area contributed by atoms with Crippen LogP contribution in [-0.4, -0.2) is 41.8 Å². The lowest BCUT2D eigenvalue weighted by Crippen LogP contribution is -2.44. The molecule has 1 aromatic carbocycles. The molecule has 1 aromatic rings. The molecule has 9 nitrogen and oxygen atoms in total. The van der Waals surface area contributed by atoms with Gasteiger partial charge in [-0.05, 0) is 23.8 Å². The Hall–Kier alpha value is -2.88. The Morgan fingerprint density at radius 3 is 2.48 bits per heavy atom. The number of carbonyl (C=O) groups is 1. The number of sulfone groups is 1. The van der Waals surface area contributed by atoms with Crippen molar-refractivity contribution in [2.75, 3.05) is 11.9 Å². The van der Waals surface area contributed by atoms with E-state index < -0.39 is 32.1 Å². The van der Waals surface area contributed by atoms with Gasteiger partial charge in [-0.2, -0.15) is 0 Å². The third-order valence-corrected chi connectivity index (χ3v) is 6.86. The minimum atomic E-state index is -4.07. The van der Waals surface area contributed by atoms with Crippen LogP contribution >= 0.6 is 0 Å². The molecule has 3 rings (SSSR count). The molecule has 0 spiro atoms. The maximum atomic E-state index is 13.3. The number of nitrogens with one attached hydrogen (secondary N) is 1. The first-order valence-electron chi connectivity index (χ1n) is 10.0. The lowest BCUT2D eigenvalue weighted by Gasteiger charge is -2.35. The standard InChI is InChI=1S/C21H27N3O6S/c1-12(2)8-9-23-19(21(3,4)5)18(25)17(20(23)26)15-11-31(29,30)16-10-13(24(27)28)6-7-14(16)22-15/h6-7,10-12,19,22,25H,8-9H2,1-5H3. The quantitative estimate of drug-likeness (QED) is 0.517. The summed E-state index contributed by atoms with van der Waals surface area (Å²) in [5.74, 6) is -0.285. The van der Waals surface area contributed by atoms with Crippen LogP contribution in [0.3, 0.4) is 0 Å². The zero-order chi connectivity index (χ0) is 23.3. The number of benzene rings is 1. The summed E-state index contributed by atoms with van der Waals surface area (Å²) >= 11 is 0. The fourth-order valence-electron chi connectivity index (χ4n) is 3.89. The molecule has 0 fully saturated rings. The summed E-state index contributed by atoms with van der Waals surface area (Å²) in [7, 11) is -4.07. The van der Waals surface area contributed by atoms with Crippen molar-refractivity contribution < 1.29 is 23.2 Å². The second-order valence-electron chi connectivity index (χ2n) is 9.35. The lowest BCUT2D eigenvalue weighted by atomic mass is 9.85. The monoisotopic (exact) mass is 449 g/mol. The molecule has 1 unspecified atom stereocenters. The molecule has 0 saturated heterocycles. The van der Waals surface area contributed by atoms with Crippen LogP contribution in [0, 0.1) is 21.4 Å². The molecular weight excluding hydrogens is 422 g/mol. The van der Waals surface area contributed by atoms with E-state index in [0.29, 0.717) is 12.5 Å². The highest BCUT2D eigenvalue weighted by molar-refractivity contribution is 7.94. The number of nitrogens with zero attached hydrogens (tertiary/aromatic N) is 2. The maximum absolute atomic E-state index is 13.3. The highest BCUT2D eigenvalue weighted by Crippen LogP contribution is 2.42. The van der Waals surface area contributed by atoms with Crippen molar-refractivity contribution in [3.8, 4) is 0 Å². The highest BCUT2D eigenvalue weighted by Gasteiger charge is 2.47. The van der Waals surface area contributed by atoms with Gasteiger partial charge in [0.2, 0.25) is 9.84 Å². The molecule has 0 bridgehead atoms. The van der Waals surface area contributed by atoms with Gasteiger partial charge in [-0.25, -0.2) is 8.42 Å². The van der Waals surface area contributed by atoms with Crippen molar-refractivity contribution in [2.45, 2.75) is 52.0 Å². The minimum Gasteiger partial charge on any atom is -0.509 e. The Morgan fingerprint density at radius 2 is 1.94 bits per heavy atom. The zero-order valence-electron chi connectivity index (χ0n) is 18.2. The summed E-state index contributed by atoms with van der Waals surface area (Å²) in [5, 5.41) is 25.8. The summed E-state index contributed by atoms with van der Waals surface area (Å²) in [5.41, 5.74) is -0.844.